The molecule has 0 saturated carbocycles. The van der Waals surface area contributed by atoms with Gasteiger partial charge in [-0.2, -0.15) is 0 Å². The Morgan fingerprint density at radius 2 is 1.96 bits per heavy atom. The molecule has 0 radical (unpaired) electrons. The van der Waals surface area contributed by atoms with Crippen molar-refractivity contribution in [1.82, 2.24) is 4.90 Å². The van der Waals surface area contributed by atoms with Crippen molar-refractivity contribution in [1.29, 1.82) is 0 Å². The number of halogens is 2. The van der Waals surface area contributed by atoms with Crippen molar-refractivity contribution >= 4 is 45.2 Å². The molecule has 4 nitrogen and oxygen atoms in total. The second kappa shape index (κ2) is 7.36. The Bertz CT molecular complexity index is 772. The summed E-state index contributed by atoms with van der Waals surface area (Å²) in [5.41, 5.74) is 0.639. The van der Waals surface area contributed by atoms with Gasteiger partial charge in [0, 0.05) is 15.8 Å². The summed E-state index contributed by atoms with van der Waals surface area (Å²) in [5, 5.41) is 2.57. The fourth-order valence-corrected chi connectivity index (χ4v) is 3.90. The van der Waals surface area contributed by atoms with Crippen LogP contribution in [0.25, 0.3) is 0 Å². The summed E-state index contributed by atoms with van der Waals surface area (Å²) in [5.74, 6) is -0.177. The summed E-state index contributed by atoms with van der Waals surface area (Å²) in [6, 6.07) is 12.6. The third-order valence-corrected chi connectivity index (χ3v) is 5.16. The normalized spacial score (nSPS) is 16.9. The number of anilines is 1. The first-order chi connectivity index (χ1) is 11.6. The van der Waals surface area contributed by atoms with Crippen molar-refractivity contribution < 1.29 is 14.0 Å². The third kappa shape index (κ3) is 3.62. The highest BCUT2D eigenvalue weighted by Crippen LogP contribution is 2.25. The number of benzene rings is 2. The van der Waals surface area contributed by atoms with E-state index >= 15 is 0 Å². The van der Waals surface area contributed by atoms with E-state index in [2.05, 4.69) is 21.2 Å². The Hall–Kier alpha value is -1.86. The molecule has 24 heavy (non-hydrogen) atoms. The molecule has 1 saturated heterocycles. The van der Waals surface area contributed by atoms with Gasteiger partial charge in [0.1, 0.15) is 11.9 Å². The van der Waals surface area contributed by atoms with Gasteiger partial charge in [-0.05, 0) is 30.3 Å². The number of thioether (sulfide) groups is 1. The first kappa shape index (κ1) is 17.0. The van der Waals surface area contributed by atoms with E-state index in [1.807, 2.05) is 6.07 Å². The zero-order valence-electron chi connectivity index (χ0n) is 12.5. The summed E-state index contributed by atoms with van der Waals surface area (Å²) < 4.78 is 14.5. The smallest absolute Gasteiger partial charge is 0.255 e. The molecule has 0 bridgehead atoms. The van der Waals surface area contributed by atoms with Crippen molar-refractivity contribution in [3.05, 3.63) is 64.4 Å². The number of carbonyl (C=O) groups is 2. The van der Waals surface area contributed by atoms with Crippen molar-refractivity contribution in [2.75, 3.05) is 16.9 Å². The number of nitrogens with zero attached hydrogens (tertiary/aromatic N) is 1. The van der Waals surface area contributed by atoms with E-state index in [4.69, 9.17) is 0 Å². The molecule has 0 unspecified atom stereocenters. The molecule has 0 aliphatic carbocycles. The molecule has 1 atom stereocenters. The largest absolute Gasteiger partial charge is 0.322 e. The lowest BCUT2D eigenvalue weighted by atomic mass is 10.1. The Morgan fingerprint density at radius 1 is 1.21 bits per heavy atom. The van der Waals surface area contributed by atoms with E-state index in [0.717, 1.165) is 0 Å². The van der Waals surface area contributed by atoms with E-state index in [9.17, 15) is 14.0 Å². The molecular weight excluding hydrogens is 395 g/mol. The molecule has 0 aromatic heterocycles. The van der Waals surface area contributed by atoms with Crippen LogP contribution in [0, 0.1) is 5.82 Å². The number of amides is 2. The van der Waals surface area contributed by atoms with Crippen LogP contribution in [0.4, 0.5) is 10.1 Å². The SMILES string of the molecule is O=C(Nc1ccc(Br)cc1F)[C@@H]1CSCN1C(=O)c1ccccc1. The Morgan fingerprint density at radius 3 is 2.67 bits per heavy atom. The molecule has 1 fully saturated rings. The van der Waals surface area contributed by atoms with Crippen LogP contribution in [0.1, 0.15) is 10.4 Å². The van der Waals surface area contributed by atoms with Crippen LogP contribution in [0.15, 0.2) is 53.0 Å². The monoisotopic (exact) mass is 408 g/mol. The molecular formula is C17H14BrFN2O2S. The zero-order valence-corrected chi connectivity index (χ0v) is 14.9. The minimum Gasteiger partial charge on any atom is -0.322 e. The lowest BCUT2D eigenvalue weighted by Crippen LogP contribution is -2.44. The fraction of sp³-hybridized carbons (Fsp3) is 0.176. The average molecular weight is 409 g/mol. The van der Waals surface area contributed by atoms with Crippen molar-refractivity contribution in [2.24, 2.45) is 0 Å². The Kier molecular flexibility index (Phi) is 5.20. The third-order valence-electron chi connectivity index (χ3n) is 3.66. The van der Waals surface area contributed by atoms with Gasteiger partial charge in [-0.1, -0.05) is 34.1 Å². The van der Waals surface area contributed by atoms with Gasteiger partial charge in [0.15, 0.2) is 0 Å². The first-order valence-electron chi connectivity index (χ1n) is 7.26. The second-order valence-electron chi connectivity index (χ2n) is 5.27. The van der Waals surface area contributed by atoms with Gasteiger partial charge in [-0.25, -0.2) is 4.39 Å². The molecule has 1 aliphatic heterocycles. The number of nitrogens with one attached hydrogen (secondary N) is 1. The van der Waals surface area contributed by atoms with Gasteiger partial charge in [0.05, 0.1) is 11.6 Å². The van der Waals surface area contributed by atoms with Gasteiger partial charge < -0.3 is 10.2 Å². The van der Waals surface area contributed by atoms with Gasteiger partial charge in [-0.15, -0.1) is 11.8 Å². The molecule has 124 valence electrons. The lowest BCUT2D eigenvalue weighted by molar-refractivity contribution is -0.119. The molecule has 0 spiro atoms. The molecule has 2 aromatic carbocycles. The van der Waals surface area contributed by atoms with E-state index in [1.54, 1.807) is 30.3 Å². The van der Waals surface area contributed by atoms with E-state index in [-0.39, 0.29) is 17.5 Å². The van der Waals surface area contributed by atoms with Crippen molar-refractivity contribution in [2.45, 2.75) is 6.04 Å². The summed E-state index contributed by atoms with van der Waals surface area (Å²) in [6.45, 7) is 0. The summed E-state index contributed by atoms with van der Waals surface area (Å²) in [6.07, 6.45) is 0. The van der Waals surface area contributed by atoms with E-state index in [0.29, 0.717) is 21.7 Å². The van der Waals surface area contributed by atoms with Crippen molar-refractivity contribution in [3.8, 4) is 0 Å². The molecule has 7 heteroatoms. The average Bonchev–Trinajstić information content (AvgIpc) is 3.07. The van der Waals surface area contributed by atoms with Crippen LogP contribution in [0.5, 0.6) is 0 Å². The second-order valence-corrected chi connectivity index (χ2v) is 7.19. The standard InChI is InChI=1S/C17H14BrFN2O2S/c18-12-6-7-14(13(19)8-12)20-16(22)15-9-24-10-21(15)17(23)11-4-2-1-3-5-11/h1-8,15H,9-10H2,(H,20,22)/t15-/m0/s1. The lowest BCUT2D eigenvalue weighted by Gasteiger charge is -2.23. The van der Waals surface area contributed by atoms with Crippen LogP contribution in [0.2, 0.25) is 0 Å². The van der Waals surface area contributed by atoms with Crippen LogP contribution in [0.3, 0.4) is 0 Å². The number of hydrogen-bond donors (Lipinski definition) is 1. The molecule has 2 aromatic rings. The van der Waals surface area contributed by atoms with E-state index < -0.39 is 11.9 Å². The maximum Gasteiger partial charge on any atom is 0.255 e. The molecule has 1 heterocycles. The highest BCUT2D eigenvalue weighted by molar-refractivity contribution is 9.10. The topological polar surface area (TPSA) is 49.4 Å². The number of rotatable bonds is 3. The van der Waals surface area contributed by atoms with Crippen LogP contribution < -0.4 is 5.32 Å². The first-order valence-corrected chi connectivity index (χ1v) is 9.20. The number of hydrogen-bond acceptors (Lipinski definition) is 3. The predicted octanol–water partition coefficient (Wildman–Crippen LogP) is 3.74. The van der Waals surface area contributed by atoms with Crippen LogP contribution in [-0.2, 0) is 4.79 Å². The zero-order chi connectivity index (χ0) is 17.1. The Balaban J connectivity index is 1.75. The fourth-order valence-electron chi connectivity index (χ4n) is 2.41. The van der Waals surface area contributed by atoms with Crippen molar-refractivity contribution in [3.63, 3.8) is 0 Å². The van der Waals surface area contributed by atoms with Crippen LogP contribution in [-0.4, -0.2) is 34.4 Å². The minimum atomic E-state index is -0.620. The summed E-state index contributed by atoms with van der Waals surface area (Å²) in [4.78, 5) is 26.6. The maximum atomic E-state index is 13.9. The molecule has 1 N–H and O–H groups in total. The van der Waals surface area contributed by atoms with Gasteiger partial charge in [0.2, 0.25) is 5.91 Å². The Labute approximate surface area is 151 Å². The summed E-state index contributed by atoms with van der Waals surface area (Å²) >= 11 is 4.68. The summed E-state index contributed by atoms with van der Waals surface area (Å²) in [7, 11) is 0. The van der Waals surface area contributed by atoms with Gasteiger partial charge in [0.25, 0.3) is 5.91 Å². The maximum absolute atomic E-state index is 13.9. The molecule has 1 aliphatic rings. The highest BCUT2D eigenvalue weighted by Gasteiger charge is 2.35. The molecule has 2 amide bonds. The minimum absolute atomic E-state index is 0.104. The van der Waals surface area contributed by atoms with Gasteiger partial charge >= 0.3 is 0 Å². The van der Waals surface area contributed by atoms with Crippen LogP contribution >= 0.6 is 27.7 Å². The number of carbonyl (C=O) groups excluding carboxylic acids is 2. The molecule has 3 rings (SSSR count). The quantitative estimate of drug-likeness (QED) is 0.841. The van der Waals surface area contributed by atoms with E-state index in [1.165, 1.54) is 28.8 Å². The highest BCUT2D eigenvalue weighted by atomic mass is 79.9. The predicted molar refractivity (Wildman–Crippen MR) is 96.5 cm³/mol. The van der Waals surface area contributed by atoms with Gasteiger partial charge in [-0.3, -0.25) is 9.59 Å².